The molecule has 160 valence electrons. The molecule has 0 radical (unpaired) electrons. The lowest BCUT2D eigenvalue weighted by atomic mass is 9.92. The first-order chi connectivity index (χ1) is 15.1. The molecule has 1 unspecified atom stereocenters. The summed E-state index contributed by atoms with van der Waals surface area (Å²) in [5, 5.41) is 12.2. The zero-order valence-corrected chi connectivity index (χ0v) is 17.6. The highest BCUT2D eigenvalue weighted by molar-refractivity contribution is 5.74. The molecule has 2 N–H and O–H groups in total. The topological polar surface area (TPSA) is 105 Å². The van der Waals surface area contributed by atoms with Crippen molar-refractivity contribution in [2.75, 3.05) is 11.9 Å². The van der Waals surface area contributed by atoms with E-state index in [1.807, 2.05) is 12.3 Å². The lowest BCUT2D eigenvalue weighted by molar-refractivity contribution is 0.444. The van der Waals surface area contributed by atoms with Gasteiger partial charge in [-0.15, -0.1) is 10.2 Å². The molecule has 8 heteroatoms. The molecule has 0 bridgehead atoms. The number of anilines is 1. The normalized spacial score (nSPS) is 24.0. The van der Waals surface area contributed by atoms with Crippen molar-refractivity contribution >= 4 is 22.5 Å². The van der Waals surface area contributed by atoms with E-state index in [9.17, 15) is 9.59 Å². The Morgan fingerprint density at radius 3 is 2.84 bits per heavy atom. The smallest absolute Gasteiger partial charge is 0.249 e. The van der Waals surface area contributed by atoms with Gasteiger partial charge in [0, 0.05) is 24.2 Å². The zero-order valence-electron chi connectivity index (χ0n) is 17.6. The minimum Gasteiger partial charge on any atom is -0.381 e. The largest absolute Gasteiger partial charge is 0.381 e. The summed E-state index contributed by atoms with van der Waals surface area (Å²) in [6, 6.07) is 2.01. The molecule has 31 heavy (non-hydrogen) atoms. The Bertz CT molecular complexity index is 1340. The average molecular weight is 419 g/mol. The fourth-order valence-electron chi connectivity index (χ4n) is 5.49. The maximum Gasteiger partial charge on any atom is 0.249 e. The highest BCUT2D eigenvalue weighted by Gasteiger charge is 2.38. The van der Waals surface area contributed by atoms with E-state index in [0.29, 0.717) is 29.9 Å². The Morgan fingerprint density at radius 1 is 1.16 bits per heavy atom. The van der Waals surface area contributed by atoms with Crippen LogP contribution in [0.5, 0.6) is 0 Å². The molecule has 2 aliphatic carbocycles. The standard InChI is InChI=1S/C23H26N6O2/c1-2-14-7-13(9-16-19(21(31)20(16)30)25-10-12-3-4-12)8-15(14)23-28-27-18-11-26-22-17(29(18)23)5-6-24-22/h5-6,11-15,24-25H,2-4,7-10H2,1H3/t13-,14+,15?/m0/s1. The van der Waals surface area contributed by atoms with Gasteiger partial charge in [0.2, 0.25) is 10.9 Å². The highest BCUT2D eigenvalue weighted by Crippen LogP contribution is 2.45. The molecule has 1 aromatic carbocycles. The van der Waals surface area contributed by atoms with Gasteiger partial charge in [-0.1, -0.05) is 13.3 Å². The van der Waals surface area contributed by atoms with E-state index >= 15 is 0 Å². The number of hydrogen-bond donors (Lipinski definition) is 2. The van der Waals surface area contributed by atoms with Crippen LogP contribution >= 0.6 is 0 Å². The molecule has 0 amide bonds. The number of H-pyrrole nitrogens is 1. The predicted octanol–water partition coefficient (Wildman–Crippen LogP) is 2.79. The summed E-state index contributed by atoms with van der Waals surface area (Å²) < 4.78 is 2.12. The minimum absolute atomic E-state index is 0.278. The van der Waals surface area contributed by atoms with Crippen LogP contribution in [0.4, 0.5) is 5.69 Å². The van der Waals surface area contributed by atoms with Gasteiger partial charge in [0.1, 0.15) is 5.82 Å². The molecule has 3 atom stereocenters. The van der Waals surface area contributed by atoms with Crippen molar-refractivity contribution in [1.29, 1.82) is 0 Å². The third kappa shape index (κ3) is 2.99. The van der Waals surface area contributed by atoms with E-state index in [4.69, 9.17) is 0 Å². The van der Waals surface area contributed by atoms with Crippen LogP contribution in [0.3, 0.4) is 0 Å². The van der Waals surface area contributed by atoms with Crippen LogP contribution in [-0.2, 0) is 6.42 Å². The summed E-state index contributed by atoms with van der Waals surface area (Å²) in [7, 11) is 0. The molecule has 3 heterocycles. The van der Waals surface area contributed by atoms with E-state index in [0.717, 1.165) is 54.0 Å². The third-order valence-corrected chi connectivity index (χ3v) is 7.38. The van der Waals surface area contributed by atoms with E-state index in [1.54, 1.807) is 6.20 Å². The Labute approximate surface area is 178 Å². The van der Waals surface area contributed by atoms with Crippen molar-refractivity contribution < 1.29 is 0 Å². The SMILES string of the molecule is CC[C@@H]1C[C@H](Cc2c(NCC3CC3)c(=O)c2=O)CC1c1nnc2cnc3[nH]ccc3n12. The van der Waals surface area contributed by atoms with E-state index in [1.165, 1.54) is 12.8 Å². The van der Waals surface area contributed by atoms with Gasteiger partial charge in [0.25, 0.3) is 0 Å². The first kappa shape index (κ1) is 18.7. The molecule has 8 nitrogen and oxygen atoms in total. The van der Waals surface area contributed by atoms with E-state index in [-0.39, 0.29) is 16.8 Å². The molecule has 3 aromatic heterocycles. The van der Waals surface area contributed by atoms with Crippen LogP contribution < -0.4 is 16.2 Å². The zero-order chi connectivity index (χ0) is 21.1. The molecule has 0 spiro atoms. The summed E-state index contributed by atoms with van der Waals surface area (Å²) in [6.45, 7) is 3.03. The van der Waals surface area contributed by atoms with Crippen LogP contribution in [0.15, 0.2) is 28.0 Å². The Kier molecular flexibility index (Phi) is 4.23. The fourth-order valence-corrected chi connectivity index (χ4v) is 5.49. The van der Waals surface area contributed by atoms with Crippen LogP contribution in [-0.4, -0.2) is 31.1 Å². The van der Waals surface area contributed by atoms with E-state index in [2.05, 4.69) is 36.8 Å². The second kappa shape index (κ2) is 7.00. The van der Waals surface area contributed by atoms with Crippen molar-refractivity contribution in [1.82, 2.24) is 24.6 Å². The lowest BCUT2D eigenvalue weighted by Crippen LogP contribution is -2.39. The van der Waals surface area contributed by atoms with Gasteiger partial charge in [-0.3, -0.25) is 14.0 Å². The number of rotatable bonds is 7. The van der Waals surface area contributed by atoms with Crippen LogP contribution in [0.25, 0.3) is 16.8 Å². The number of aromatic nitrogens is 5. The van der Waals surface area contributed by atoms with Gasteiger partial charge < -0.3 is 10.3 Å². The van der Waals surface area contributed by atoms with E-state index < -0.39 is 0 Å². The molecule has 4 aromatic rings. The molecule has 6 rings (SSSR count). The number of aromatic amines is 1. The highest BCUT2D eigenvalue weighted by atomic mass is 16.2. The molecule has 0 saturated heterocycles. The van der Waals surface area contributed by atoms with Crippen molar-refractivity contribution in [3.8, 4) is 0 Å². The fraction of sp³-hybridized carbons (Fsp3) is 0.522. The quantitative estimate of drug-likeness (QED) is 0.447. The van der Waals surface area contributed by atoms with Gasteiger partial charge in [-0.05, 0) is 55.9 Å². The molecule has 2 saturated carbocycles. The van der Waals surface area contributed by atoms with Crippen molar-refractivity contribution in [3.63, 3.8) is 0 Å². The summed E-state index contributed by atoms with van der Waals surface area (Å²) >= 11 is 0. The van der Waals surface area contributed by atoms with Gasteiger partial charge in [-0.25, -0.2) is 4.98 Å². The second-order valence-corrected chi connectivity index (χ2v) is 9.37. The number of fused-ring (bicyclic) bond motifs is 3. The van der Waals surface area contributed by atoms with Crippen molar-refractivity contribution in [3.05, 3.63) is 50.3 Å². The lowest BCUT2D eigenvalue weighted by Gasteiger charge is -2.16. The van der Waals surface area contributed by atoms with Crippen LogP contribution in [0.2, 0.25) is 0 Å². The van der Waals surface area contributed by atoms with Gasteiger partial charge >= 0.3 is 0 Å². The molecular formula is C23H26N6O2. The first-order valence-corrected chi connectivity index (χ1v) is 11.4. The molecular weight excluding hydrogens is 392 g/mol. The van der Waals surface area contributed by atoms with Gasteiger partial charge in [-0.2, -0.15) is 0 Å². The number of hydrogen-bond acceptors (Lipinski definition) is 6. The summed E-state index contributed by atoms with van der Waals surface area (Å²) in [5.74, 6) is 2.77. The Morgan fingerprint density at radius 2 is 2.03 bits per heavy atom. The summed E-state index contributed by atoms with van der Waals surface area (Å²) in [4.78, 5) is 32.0. The number of nitrogens with zero attached hydrogens (tertiary/aromatic N) is 4. The van der Waals surface area contributed by atoms with Crippen LogP contribution in [0, 0.1) is 17.8 Å². The molecule has 0 aliphatic heterocycles. The van der Waals surface area contributed by atoms with Gasteiger partial charge in [0.15, 0.2) is 11.3 Å². The summed E-state index contributed by atoms with van der Waals surface area (Å²) in [6.07, 6.45) is 9.81. The van der Waals surface area contributed by atoms with Gasteiger partial charge in [0.05, 0.1) is 17.4 Å². The van der Waals surface area contributed by atoms with Crippen molar-refractivity contribution in [2.45, 2.75) is 51.4 Å². The maximum atomic E-state index is 12.3. The Balaban J connectivity index is 1.28. The number of nitrogens with one attached hydrogen (secondary N) is 2. The molecule has 2 fully saturated rings. The predicted molar refractivity (Wildman–Crippen MR) is 118 cm³/mol. The second-order valence-electron chi connectivity index (χ2n) is 9.37. The minimum atomic E-state index is -0.331. The molecule has 2 aliphatic rings. The Hall–Kier alpha value is -3.03. The van der Waals surface area contributed by atoms with Crippen LogP contribution in [0.1, 0.15) is 56.3 Å². The average Bonchev–Trinajstić information content (AvgIpc) is 3.17. The monoisotopic (exact) mass is 418 g/mol. The summed E-state index contributed by atoms with van der Waals surface area (Å²) in [5.41, 5.74) is 3.26. The maximum absolute atomic E-state index is 12.3. The first-order valence-electron chi connectivity index (χ1n) is 11.4. The third-order valence-electron chi connectivity index (χ3n) is 7.38. The van der Waals surface area contributed by atoms with Crippen molar-refractivity contribution in [2.24, 2.45) is 17.8 Å².